The van der Waals surface area contributed by atoms with Crippen LogP contribution in [0.3, 0.4) is 0 Å². The molecule has 0 fully saturated rings. The van der Waals surface area contributed by atoms with E-state index in [2.05, 4.69) is 5.32 Å². The smallest absolute Gasteiger partial charge is 0.164 e. The first-order valence-electron chi connectivity index (χ1n) is 8.31. The Hall–Kier alpha value is -2.53. The summed E-state index contributed by atoms with van der Waals surface area (Å²) in [7, 11) is 4.87. The molecule has 0 bridgehead atoms. The molecule has 0 aromatic heterocycles. The molecule has 25 heavy (non-hydrogen) atoms. The van der Waals surface area contributed by atoms with Gasteiger partial charge in [-0.15, -0.1) is 0 Å². The van der Waals surface area contributed by atoms with Crippen molar-refractivity contribution in [2.45, 2.75) is 18.9 Å². The van der Waals surface area contributed by atoms with E-state index in [4.69, 9.17) is 14.2 Å². The maximum absolute atomic E-state index is 12.7. The molecule has 0 amide bonds. The lowest BCUT2D eigenvalue weighted by Gasteiger charge is -2.27. The van der Waals surface area contributed by atoms with E-state index in [1.165, 1.54) is 5.56 Å². The zero-order valence-electron chi connectivity index (χ0n) is 14.8. The van der Waals surface area contributed by atoms with Crippen LogP contribution in [0.25, 0.3) is 0 Å². The van der Waals surface area contributed by atoms with Crippen molar-refractivity contribution in [2.75, 3.05) is 27.9 Å². The van der Waals surface area contributed by atoms with Crippen molar-refractivity contribution in [1.29, 1.82) is 0 Å². The minimum atomic E-state index is -0.0295. The Bertz CT molecular complexity index is 755. The summed E-state index contributed by atoms with van der Waals surface area (Å²) in [6, 6.07) is 11.2. The molecule has 1 N–H and O–H groups in total. The summed E-state index contributed by atoms with van der Waals surface area (Å²) in [5, 5.41) is 3.45. The highest BCUT2D eigenvalue weighted by atomic mass is 16.5. The Kier molecular flexibility index (Phi) is 5.24. The van der Waals surface area contributed by atoms with E-state index in [1.807, 2.05) is 24.3 Å². The van der Waals surface area contributed by atoms with Crippen LogP contribution < -0.4 is 19.5 Å². The van der Waals surface area contributed by atoms with Gasteiger partial charge in [0.15, 0.2) is 17.3 Å². The van der Waals surface area contributed by atoms with Gasteiger partial charge in [0.05, 0.1) is 21.3 Å². The standard InChI is InChI=1S/C20H23NO4/c1-23-15-6-4-13(5-7-15)18(22)12-17-16-11-20(25-3)19(24-2)10-14(16)8-9-21-17/h4-7,10-11,17,21H,8-9,12H2,1-3H3. The van der Waals surface area contributed by atoms with E-state index in [9.17, 15) is 4.79 Å². The number of hydrogen-bond donors (Lipinski definition) is 1. The van der Waals surface area contributed by atoms with Gasteiger partial charge in [0.1, 0.15) is 5.75 Å². The van der Waals surface area contributed by atoms with Crippen molar-refractivity contribution < 1.29 is 19.0 Å². The van der Waals surface area contributed by atoms with Gasteiger partial charge in [0.25, 0.3) is 0 Å². The fraction of sp³-hybridized carbons (Fsp3) is 0.350. The molecule has 0 saturated heterocycles. The third kappa shape index (κ3) is 3.61. The third-order valence-corrected chi connectivity index (χ3v) is 4.61. The van der Waals surface area contributed by atoms with Gasteiger partial charge in [-0.3, -0.25) is 4.79 Å². The quantitative estimate of drug-likeness (QED) is 0.818. The normalized spacial score (nSPS) is 16.0. The molecule has 1 heterocycles. The number of hydrogen-bond acceptors (Lipinski definition) is 5. The summed E-state index contributed by atoms with van der Waals surface area (Å²) in [6.07, 6.45) is 1.30. The van der Waals surface area contributed by atoms with Crippen LogP contribution in [0, 0.1) is 0 Å². The molecule has 1 aliphatic heterocycles. The molecule has 0 spiro atoms. The van der Waals surface area contributed by atoms with Crippen LogP contribution in [0.4, 0.5) is 0 Å². The van der Waals surface area contributed by atoms with Crippen molar-refractivity contribution in [3.8, 4) is 17.2 Å². The molecule has 1 unspecified atom stereocenters. The fourth-order valence-corrected chi connectivity index (χ4v) is 3.23. The maximum atomic E-state index is 12.7. The van der Waals surface area contributed by atoms with Gasteiger partial charge >= 0.3 is 0 Å². The lowest BCUT2D eigenvalue weighted by Crippen LogP contribution is -2.31. The number of ether oxygens (including phenoxy) is 3. The van der Waals surface area contributed by atoms with Crippen LogP contribution >= 0.6 is 0 Å². The summed E-state index contributed by atoms with van der Waals surface area (Å²) in [5.74, 6) is 2.26. The number of nitrogens with one attached hydrogen (secondary N) is 1. The summed E-state index contributed by atoms with van der Waals surface area (Å²) in [6.45, 7) is 0.836. The predicted octanol–water partition coefficient (Wildman–Crippen LogP) is 3.17. The van der Waals surface area contributed by atoms with E-state index in [-0.39, 0.29) is 11.8 Å². The maximum Gasteiger partial charge on any atom is 0.164 e. The number of Topliss-reactive ketones (excluding diaryl/α,β-unsaturated/α-hetero) is 1. The number of rotatable bonds is 6. The van der Waals surface area contributed by atoms with Crippen molar-refractivity contribution in [3.63, 3.8) is 0 Å². The van der Waals surface area contributed by atoms with Crippen molar-refractivity contribution >= 4 is 5.78 Å². The van der Waals surface area contributed by atoms with Gasteiger partial charge < -0.3 is 19.5 Å². The average molecular weight is 341 g/mol. The Morgan fingerprint density at radius 2 is 1.72 bits per heavy atom. The first-order chi connectivity index (χ1) is 12.2. The molecule has 1 aliphatic rings. The van der Waals surface area contributed by atoms with Gasteiger partial charge in [-0.1, -0.05) is 0 Å². The number of benzene rings is 2. The molecule has 5 heteroatoms. The molecule has 2 aromatic rings. The van der Waals surface area contributed by atoms with Gasteiger partial charge in [-0.25, -0.2) is 0 Å². The molecule has 0 saturated carbocycles. The minimum Gasteiger partial charge on any atom is -0.497 e. The second kappa shape index (κ2) is 7.57. The van der Waals surface area contributed by atoms with Crippen molar-refractivity contribution in [3.05, 3.63) is 53.1 Å². The summed E-state index contributed by atoms with van der Waals surface area (Å²) in [4.78, 5) is 12.7. The van der Waals surface area contributed by atoms with Crippen molar-refractivity contribution in [1.82, 2.24) is 5.32 Å². The Balaban J connectivity index is 1.83. The fourth-order valence-electron chi connectivity index (χ4n) is 3.23. The number of methoxy groups -OCH3 is 3. The molecular formula is C20H23NO4. The first-order valence-corrected chi connectivity index (χ1v) is 8.31. The van der Waals surface area contributed by atoms with Gasteiger partial charge in [-0.05, 0) is 60.5 Å². The van der Waals surface area contributed by atoms with Gasteiger partial charge in [-0.2, -0.15) is 0 Å². The molecule has 3 rings (SSSR count). The topological polar surface area (TPSA) is 56.8 Å². The van der Waals surface area contributed by atoms with Gasteiger partial charge in [0, 0.05) is 18.0 Å². The molecule has 0 aliphatic carbocycles. The number of ketones is 1. The van der Waals surface area contributed by atoms with Gasteiger partial charge in [0.2, 0.25) is 0 Å². The lowest BCUT2D eigenvalue weighted by molar-refractivity contribution is 0.0967. The first kappa shape index (κ1) is 17.3. The van der Waals surface area contributed by atoms with E-state index < -0.39 is 0 Å². The Morgan fingerprint density at radius 3 is 2.36 bits per heavy atom. The highest BCUT2D eigenvalue weighted by Gasteiger charge is 2.25. The average Bonchev–Trinajstić information content (AvgIpc) is 2.67. The largest absolute Gasteiger partial charge is 0.497 e. The van der Waals surface area contributed by atoms with E-state index in [1.54, 1.807) is 33.5 Å². The van der Waals surface area contributed by atoms with Crippen LogP contribution in [0.1, 0.15) is 33.9 Å². The Morgan fingerprint density at radius 1 is 1.04 bits per heavy atom. The van der Waals surface area contributed by atoms with Crippen LogP contribution in [0.5, 0.6) is 17.2 Å². The molecule has 5 nitrogen and oxygen atoms in total. The lowest BCUT2D eigenvalue weighted by atomic mass is 9.89. The second-order valence-corrected chi connectivity index (χ2v) is 6.02. The monoisotopic (exact) mass is 341 g/mol. The molecule has 132 valence electrons. The zero-order chi connectivity index (χ0) is 17.8. The zero-order valence-corrected chi connectivity index (χ0v) is 14.8. The van der Waals surface area contributed by atoms with Crippen LogP contribution in [-0.4, -0.2) is 33.7 Å². The molecule has 0 radical (unpaired) electrons. The number of carbonyl (C=O) groups excluding carboxylic acids is 1. The highest BCUT2D eigenvalue weighted by molar-refractivity contribution is 5.96. The highest BCUT2D eigenvalue weighted by Crippen LogP contribution is 2.36. The Labute approximate surface area is 147 Å². The SMILES string of the molecule is COc1ccc(C(=O)CC2NCCc3cc(OC)c(OC)cc32)cc1. The molecule has 1 atom stereocenters. The van der Waals surface area contributed by atoms with Crippen molar-refractivity contribution in [2.24, 2.45) is 0 Å². The van der Waals surface area contributed by atoms with E-state index in [0.717, 1.165) is 30.0 Å². The molecule has 2 aromatic carbocycles. The summed E-state index contributed by atoms with van der Waals surface area (Å²) >= 11 is 0. The predicted molar refractivity (Wildman–Crippen MR) is 95.9 cm³/mol. The van der Waals surface area contributed by atoms with E-state index >= 15 is 0 Å². The minimum absolute atomic E-state index is 0.0295. The number of fused-ring (bicyclic) bond motifs is 1. The van der Waals surface area contributed by atoms with E-state index in [0.29, 0.717) is 17.7 Å². The summed E-state index contributed by atoms with van der Waals surface area (Å²) in [5.41, 5.74) is 2.99. The third-order valence-electron chi connectivity index (χ3n) is 4.61. The van der Waals surface area contributed by atoms with Crippen LogP contribution in [0.2, 0.25) is 0 Å². The van der Waals surface area contributed by atoms with Crippen LogP contribution in [0.15, 0.2) is 36.4 Å². The second-order valence-electron chi connectivity index (χ2n) is 6.02. The summed E-state index contributed by atoms with van der Waals surface area (Å²) < 4.78 is 15.9. The van der Waals surface area contributed by atoms with Crippen LogP contribution in [-0.2, 0) is 6.42 Å². The number of carbonyl (C=O) groups is 1. The molecular weight excluding hydrogens is 318 g/mol.